The summed E-state index contributed by atoms with van der Waals surface area (Å²) in [7, 11) is -2.31. The molecule has 6 aliphatic rings. The number of methoxy groups -OCH3 is 1. The molecule has 5 fully saturated rings. The molecule has 2 bridgehead atoms. The van der Waals surface area contributed by atoms with Crippen LogP contribution >= 0.6 is 0 Å². The summed E-state index contributed by atoms with van der Waals surface area (Å²) in [5, 5.41) is 0.550. The van der Waals surface area contributed by atoms with E-state index in [4.69, 9.17) is 14.2 Å². The zero-order valence-corrected chi connectivity index (χ0v) is 34.3. The highest BCUT2D eigenvalue weighted by molar-refractivity contribution is 7.90. The molecule has 314 valence electrons. The van der Waals surface area contributed by atoms with E-state index in [0.717, 1.165) is 70.6 Å². The van der Waals surface area contributed by atoms with E-state index in [-0.39, 0.29) is 73.4 Å². The molecule has 4 aliphatic carbocycles. The first-order valence-corrected chi connectivity index (χ1v) is 23.0. The van der Waals surface area contributed by atoms with Crippen LogP contribution in [0, 0.1) is 29.1 Å². The van der Waals surface area contributed by atoms with Crippen molar-refractivity contribution in [3.63, 3.8) is 0 Å². The second-order valence-corrected chi connectivity index (χ2v) is 19.8. The summed E-state index contributed by atoms with van der Waals surface area (Å²) >= 11 is 0. The molecule has 1 aromatic heterocycles. The highest BCUT2D eigenvalue weighted by Gasteiger charge is 2.61. The maximum atomic E-state index is 15.0. The van der Waals surface area contributed by atoms with Crippen molar-refractivity contribution in [2.24, 2.45) is 29.1 Å². The van der Waals surface area contributed by atoms with Crippen molar-refractivity contribution in [3.05, 3.63) is 47.3 Å². The predicted octanol–water partition coefficient (Wildman–Crippen LogP) is 5.60. The van der Waals surface area contributed by atoms with Crippen molar-refractivity contribution < 1.29 is 41.8 Å². The number of Topliss-reactive ketones (excluding diaryl/α,β-unsaturated/α-hetero) is 1. The molecule has 1 N–H and O–H groups in total. The maximum Gasteiger partial charge on any atom is 0.306 e. The van der Waals surface area contributed by atoms with Gasteiger partial charge in [0.05, 0.1) is 42.7 Å². The number of ether oxygens (including phenoxy) is 3. The first kappa shape index (κ1) is 40.6. The minimum atomic E-state index is -3.87. The molecular formula is C44H57N3O10S. The monoisotopic (exact) mass is 819 g/mol. The number of amides is 2. The number of nitrogens with one attached hydrogen (secondary N) is 1. The van der Waals surface area contributed by atoms with Crippen molar-refractivity contribution in [2.75, 3.05) is 13.7 Å². The minimum Gasteiger partial charge on any atom is -0.497 e. The van der Waals surface area contributed by atoms with Gasteiger partial charge in [-0.15, -0.1) is 6.58 Å². The van der Waals surface area contributed by atoms with E-state index in [1.165, 1.54) is 4.90 Å². The summed E-state index contributed by atoms with van der Waals surface area (Å²) in [6, 6.07) is 6.10. The Morgan fingerprint density at radius 1 is 0.948 bits per heavy atom. The van der Waals surface area contributed by atoms with Crippen molar-refractivity contribution in [3.8, 4) is 11.6 Å². The molecule has 4 saturated carbocycles. The highest BCUT2D eigenvalue weighted by atomic mass is 32.2. The molecule has 7 atom stereocenters. The highest BCUT2D eigenvalue weighted by Crippen LogP contribution is 2.57. The molecule has 0 radical (unpaired) electrons. The zero-order valence-electron chi connectivity index (χ0n) is 33.5. The molecule has 1 saturated heterocycles. The summed E-state index contributed by atoms with van der Waals surface area (Å²) in [6.45, 7) is 4.29. The molecule has 14 heteroatoms. The lowest BCUT2D eigenvalue weighted by molar-refractivity contribution is -0.156. The van der Waals surface area contributed by atoms with Gasteiger partial charge in [-0.05, 0) is 106 Å². The lowest BCUT2D eigenvalue weighted by Crippen LogP contribution is -2.47. The number of hydrogen-bond donors (Lipinski definition) is 1. The Hall–Kier alpha value is -4.20. The van der Waals surface area contributed by atoms with Gasteiger partial charge in [-0.25, -0.2) is 8.42 Å². The Morgan fingerprint density at radius 3 is 2.41 bits per heavy atom. The molecule has 8 rings (SSSR count). The van der Waals surface area contributed by atoms with E-state index in [9.17, 15) is 32.4 Å². The number of pyridine rings is 1. The second kappa shape index (κ2) is 16.5. The van der Waals surface area contributed by atoms with Crippen molar-refractivity contribution >= 4 is 44.4 Å². The Kier molecular flexibility index (Phi) is 11.5. The van der Waals surface area contributed by atoms with Gasteiger partial charge in [-0.2, -0.15) is 0 Å². The van der Waals surface area contributed by atoms with Crippen LogP contribution in [0.15, 0.2) is 41.7 Å². The lowest BCUT2D eigenvalue weighted by Gasteiger charge is -2.31. The Bertz CT molecular complexity index is 2120. The number of ketones is 1. The van der Waals surface area contributed by atoms with Crippen LogP contribution in [0.4, 0.5) is 0 Å². The SMILES string of the molecule is C=C[C@H]1C[C@]1(CC(=O)[C@@H]1C[C@@H]2CN1C(=O)[C@H](C1CCCC1)CC(=O)O[C@@H]1CCC[C@H]1CCCCCn1c(cc3cc(OC)ccc3c1=O)O2)C(=O)NS(=O)(=O)C1CC1. The molecule has 2 amide bonds. The molecule has 2 aromatic rings. The molecule has 2 aliphatic heterocycles. The summed E-state index contributed by atoms with van der Waals surface area (Å²) < 4.78 is 47.9. The first-order chi connectivity index (χ1) is 27.9. The minimum absolute atomic E-state index is 0.0304. The number of rotatable bonds is 9. The van der Waals surface area contributed by atoms with Crippen molar-refractivity contribution in [2.45, 2.75) is 139 Å². The van der Waals surface area contributed by atoms with Gasteiger partial charge < -0.3 is 19.1 Å². The van der Waals surface area contributed by atoms with Crippen LogP contribution in [0.5, 0.6) is 11.6 Å². The van der Waals surface area contributed by atoms with Crippen LogP contribution in [0.25, 0.3) is 10.8 Å². The van der Waals surface area contributed by atoms with E-state index in [1.54, 1.807) is 36.0 Å². The van der Waals surface area contributed by atoms with Crippen LogP contribution in [0.2, 0.25) is 0 Å². The van der Waals surface area contributed by atoms with E-state index < -0.39 is 50.6 Å². The molecule has 0 unspecified atom stereocenters. The lowest BCUT2D eigenvalue weighted by atomic mass is 9.86. The number of benzene rings is 1. The number of fused-ring (bicyclic) bond motifs is 5. The fraction of sp³-hybridized carbons (Fsp3) is 0.659. The van der Waals surface area contributed by atoms with Gasteiger partial charge in [0.1, 0.15) is 18.0 Å². The van der Waals surface area contributed by atoms with Gasteiger partial charge >= 0.3 is 5.97 Å². The number of esters is 1. The third-order valence-electron chi connectivity index (χ3n) is 14.0. The van der Waals surface area contributed by atoms with Gasteiger partial charge in [0.25, 0.3) is 5.56 Å². The number of carbonyl (C=O) groups excluding carboxylic acids is 4. The first-order valence-electron chi connectivity index (χ1n) is 21.5. The quantitative estimate of drug-likeness (QED) is 0.249. The molecular weight excluding hydrogens is 763 g/mol. The van der Waals surface area contributed by atoms with E-state index in [1.807, 2.05) is 6.07 Å². The smallest absolute Gasteiger partial charge is 0.306 e. The van der Waals surface area contributed by atoms with Crippen LogP contribution in [-0.4, -0.2) is 78.6 Å². The second-order valence-electron chi connectivity index (χ2n) is 17.8. The van der Waals surface area contributed by atoms with Gasteiger partial charge in [0.15, 0.2) is 11.7 Å². The number of allylic oxidation sites excluding steroid dienone is 1. The average molecular weight is 820 g/mol. The molecule has 58 heavy (non-hydrogen) atoms. The molecule has 1 aromatic carbocycles. The normalized spacial score (nSPS) is 31.0. The summed E-state index contributed by atoms with van der Waals surface area (Å²) in [4.78, 5) is 72.8. The molecule has 0 spiro atoms. The number of carbonyl (C=O) groups is 4. The van der Waals surface area contributed by atoms with Crippen LogP contribution in [0.1, 0.15) is 109 Å². The molecule has 3 heterocycles. The van der Waals surface area contributed by atoms with E-state index in [2.05, 4.69) is 11.3 Å². The fourth-order valence-electron chi connectivity index (χ4n) is 10.4. The van der Waals surface area contributed by atoms with Gasteiger partial charge in [0.2, 0.25) is 21.8 Å². The Labute approximate surface area is 340 Å². The average Bonchev–Trinajstić information content (AvgIpc) is 3.99. The number of hydrogen-bond acceptors (Lipinski definition) is 10. The van der Waals surface area contributed by atoms with Crippen LogP contribution < -0.4 is 19.8 Å². The van der Waals surface area contributed by atoms with Crippen molar-refractivity contribution in [1.29, 1.82) is 0 Å². The van der Waals surface area contributed by atoms with E-state index >= 15 is 0 Å². The Morgan fingerprint density at radius 2 is 1.69 bits per heavy atom. The fourth-order valence-corrected chi connectivity index (χ4v) is 11.8. The van der Waals surface area contributed by atoms with Gasteiger partial charge in [-0.3, -0.25) is 33.3 Å². The van der Waals surface area contributed by atoms with Crippen LogP contribution in [-0.2, 0) is 40.5 Å². The van der Waals surface area contributed by atoms with Gasteiger partial charge in [-0.1, -0.05) is 31.8 Å². The number of nitrogens with zero attached hydrogens (tertiary/aromatic N) is 2. The summed E-state index contributed by atoms with van der Waals surface area (Å²) in [5.41, 5.74) is -1.50. The van der Waals surface area contributed by atoms with Crippen molar-refractivity contribution in [1.82, 2.24) is 14.2 Å². The Balaban J connectivity index is 1.14. The van der Waals surface area contributed by atoms with E-state index in [0.29, 0.717) is 41.8 Å². The number of aromatic nitrogens is 1. The molecule has 13 nitrogen and oxygen atoms in total. The summed E-state index contributed by atoms with van der Waals surface area (Å²) in [6.07, 6.45) is 11.3. The summed E-state index contributed by atoms with van der Waals surface area (Å²) in [5.74, 6) is -1.79. The predicted molar refractivity (Wildman–Crippen MR) is 215 cm³/mol. The standard InChI is InChI=1S/C44H57N3O10S/c1-3-30-24-44(30,43(52)45-58(53,54)33-16-17-33)25-37(48)36-22-32-26-47(36)42(51)35(27-10-6-7-11-27)23-40(49)57-38-14-9-13-28(38)12-5-4-8-19-46-39(56-32)21-29-20-31(55-2)15-18-34(29)41(46)50/h3,15,18,20-21,27-28,30,32-33,35-36,38H,1,4-14,16-17,19,22-26H2,2H3,(H,45,52)/t28-,30+,32-,35+,36+,38-,44-/m1/s1. The third-order valence-corrected chi connectivity index (χ3v) is 15.9. The largest absolute Gasteiger partial charge is 0.497 e. The zero-order chi connectivity index (χ0) is 40.8. The third kappa shape index (κ3) is 8.18. The number of sulfonamides is 1. The maximum absolute atomic E-state index is 15.0. The van der Waals surface area contributed by atoms with Gasteiger partial charge in [0, 0.05) is 30.8 Å². The van der Waals surface area contributed by atoms with Crippen LogP contribution in [0.3, 0.4) is 0 Å². The topological polar surface area (TPSA) is 167 Å².